The van der Waals surface area contributed by atoms with E-state index in [-0.39, 0.29) is 12.3 Å². The Morgan fingerprint density at radius 2 is 1.93 bits per heavy atom. The first-order valence-corrected chi connectivity index (χ1v) is 10.2. The molecule has 0 fully saturated rings. The summed E-state index contributed by atoms with van der Waals surface area (Å²) in [4.78, 5) is 26.7. The molecule has 6 nitrogen and oxygen atoms in total. The van der Waals surface area contributed by atoms with Gasteiger partial charge in [-0.1, -0.05) is 48.0 Å². The molecule has 0 saturated heterocycles. The Bertz CT molecular complexity index is 990. The van der Waals surface area contributed by atoms with Crippen LogP contribution in [0.3, 0.4) is 0 Å². The Balaban J connectivity index is 1.81. The predicted octanol–water partition coefficient (Wildman–Crippen LogP) is 3.51. The maximum absolute atomic E-state index is 12.9. The number of carbonyl (C=O) groups excluding carboxylic acids is 2. The summed E-state index contributed by atoms with van der Waals surface area (Å²) in [6, 6.07) is 7.43. The van der Waals surface area contributed by atoms with E-state index in [4.69, 9.17) is 22.1 Å². The maximum Gasteiger partial charge on any atom is 0.252 e. The van der Waals surface area contributed by atoms with Gasteiger partial charge in [-0.2, -0.15) is 0 Å². The summed E-state index contributed by atoms with van der Waals surface area (Å²) in [5, 5.41) is 0.382. The Kier molecular flexibility index (Phi) is 7.00. The fraction of sp³-hybridized carbons (Fsp3) is 0.304. The first kappa shape index (κ1) is 21.7. The number of halogens is 1. The molecule has 0 atom stereocenters. The molecule has 1 aliphatic rings. The summed E-state index contributed by atoms with van der Waals surface area (Å²) >= 11 is 6.52. The molecule has 2 aromatic rings. The van der Waals surface area contributed by atoms with Gasteiger partial charge in [-0.25, -0.2) is 0 Å². The van der Waals surface area contributed by atoms with Crippen LogP contribution in [0.15, 0.2) is 48.6 Å². The van der Waals surface area contributed by atoms with Crippen molar-refractivity contribution in [2.45, 2.75) is 32.9 Å². The standard InChI is InChI=1S/C23H26ClN3O3/c1-3-4-5-6-7-18-22(24)21(23(25)29)19-15-26(12-13-27(18)19)20(28)14-16-8-10-17(30-2)11-9-16/h3-6,8-11H,7,12-15H2,1-2H3,(H2,25,29)/b4-3-,6-5-. The van der Waals surface area contributed by atoms with Crippen molar-refractivity contribution in [3.8, 4) is 5.75 Å². The van der Waals surface area contributed by atoms with Gasteiger partial charge in [0.15, 0.2) is 0 Å². The molecule has 1 aromatic heterocycles. The van der Waals surface area contributed by atoms with Crippen LogP contribution in [0.2, 0.25) is 5.02 Å². The van der Waals surface area contributed by atoms with Crippen molar-refractivity contribution < 1.29 is 14.3 Å². The molecule has 0 bridgehead atoms. The summed E-state index contributed by atoms with van der Waals surface area (Å²) in [5.74, 6) is 0.171. The number of amides is 2. The van der Waals surface area contributed by atoms with Crippen LogP contribution in [0.1, 0.15) is 34.2 Å². The second kappa shape index (κ2) is 9.67. The molecule has 0 saturated carbocycles. The number of nitrogens with two attached hydrogens (primary N) is 1. The molecule has 7 heteroatoms. The third-order valence-electron chi connectivity index (χ3n) is 5.21. The van der Waals surface area contributed by atoms with E-state index < -0.39 is 5.91 Å². The number of methoxy groups -OCH3 is 1. The molecule has 158 valence electrons. The molecule has 0 radical (unpaired) electrons. The normalized spacial score (nSPS) is 13.8. The number of nitrogens with zero attached hydrogens (tertiary/aromatic N) is 2. The SMILES string of the molecule is C/C=C\C=C/Cc1c(Cl)c(C(N)=O)c2n1CCN(C(=O)Cc1ccc(OC)cc1)C2. The number of hydrogen-bond donors (Lipinski definition) is 1. The van der Waals surface area contributed by atoms with Gasteiger partial charge >= 0.3 is 0 Å². The minimum atomic E-state index is -0.572. The van der Waals surface area contributed by atoms with Gasteiger partial charge in [0.05, 0.1) is 36.4 Å². The molecule has 0 spiro atoms. The van der Waals surface area contributed by atoms with Crippen LogP contribution in [0.5, 0.6) is 5.75 Å². The fourth-order valence-corrected chi connectivity index (χ4v) is 4.05. The van der Waals surface area contributed by atoms with E-state index >= 15 is 0 Å². The van der Waals surface area contributed by atoms with Gasteiger partial charge in [-0.05, 0) is 24.6 Å². The average Bonchev–Trinajstić information content (AvgIpc) is 3.02. The van der Waals surface area contributed by atoms with E-state index in [9.17, 15) is 9.59 Å². The van der Waals surface area contributed by atoms with Crippen molar-refractivity contribution in [3.63, 3.8) is 0 Å². The Morgan fingerprint density at radius 1 is 1.20 bits per heavy atom. The smallest absolute Gasteiger partial charge is 0.252 e. The monoisotopic (exact) mass is 427 g/mol. The molecule has 0 unspecified atom stereocenters. The number of ether oxygens (including phenoxy) is 1. The lowest BCUT2D eigenvalue weighted by atomic mass is 10.1. The molecule has 1 aromatic carbocycles. The van der Waals surface area contributed by atoms with Crippen LogP contribution in [-0.2, 0) is 30.7 Å². The number of fused-ring (bicyclic) bond motifs is 1. The summed E-state index contributed by atoms with van der Waals surface area (Å²) < 4.78 is 7.18. The molecule has 2 N–H and O–H groups in total. The van der Waals surface area contributed by atoms with Crippen LogP contribution < -0.4 is 10.5 Å². The van der Waals surface area contributed by atoms with Crippen molar-refractivity contribution in [3.05, 3.63) is 76.1 Å². The second-order valence-electron chi connectivity index (χ2n) is 7.10. The fourth-order valence-electron chi connectivity index (χ4n) is 3.66. The third kappa shape index (κ3) is 4.60. The number of allylic oxidation sites excluding steroid dienone is 4. The van der Waals surface area contributed by atoms with Gasteiger partial charge in [0.1, 0.15) is 5.75 Å². The lowest BCUT2D eigenvalue weighted by molar-refractivity contribution is -0.131. The van der Waals surface area contributed by atoms with Crippen molar-refractivity contribution in [2.75, 3.05) is 13.7 Å². The van der Waals surface area contributed by atoms with Crippen LogP contribution in [0.25, 0.3) is 0 Å². The van der Waals surface area contributed by atoms with Gasteiger partial charge in [0, 0.05) is 25.2 Å². The molecule has 1 aliphatic heterocycles. The van der Waals surface area contributed by atoms with Crippen molar-refractivity contribution in [1.29, 1.82) is 0 Å². The highest BCUT2D eigenvalue weighted by Gasteiger charge is 2.30. The highest BCUT2D eigenvalue weighted by atomic mass is 35.5. The van der Waals surface area contributed by atoms with Gasteiger partial charge < -0.3 is 19.9 Å². The number of rotatable bonds is 7. The summed E-state index contributed by atoms with van der Waals surface area (Å²) in [7, 11) is 1.61. The molecular formula is C23H26ClN3O3. The van der Waals surface area contributed by atoms with Crippen LogP contribution in [0.4, 0.5) is 0 Å². The van der Waals surface area contributed by atoms with Gasteiger partial charge in [-0.3, -0.25) is 9.59 Å². The first-order chi connectivity index (χ1) is 14.5. The molecule has 3 rings (SSSR count). The number of benzene rings is 1. The summed E-state index contributed by atoms with van der Waals surface area (Å²) in [6.45, 7) is 3.38. The van der Waals surface area contributed by atoms with Gasteiger partial charge in [0.25, 0.3) is 5.91 Å². The second-order valence-corrected chi connectivity index (χ2v) is 7.47. The van der Waals surface area contributed by atoms with E-state index in [1.165, 1.54) is 0 Å². The van der Waals surface area contributed by atoms with E-state index in [1.807, 2.05) is 60.1 Å². The van der Waals surface area contributed by atoms with Crippen LogP contribution in [-0.4, -0.2) is 34.9 Å². The number of primary amides is 1. The van der Waals surface area contributed by atoms with E-state index in [1.54, 1.807) is 12.0 Å². The summed E-state index contributed by atoms with van der Waals surface area (Å²) in [5.41, 5.74) is 8.40. The minimum Gasteiger partial charge on any atom is -0.497 e. The predicted molar refractivity (Wildman–Crippen MR) is 118 cm³/mol. The number of carbonyl (C=O) groups is 2. The molecular weight excluding hydrogens is 402 g/mol. The molecule has 0 aliphatic carbocycles. The Labute approximate surface area is 181 Å². The zero-order valence-corrected chi connectivity index (χ0v) is 18.0. The lowest BCUT2D eigenvalue weighted by Crippen LogP contribution is -2.40. The first-order valence-electron chi connectivity index (χ1n) is 9.84. The van der Waals surface area contributed by atoms with Crippen molar-refractivity contribution >= 4 is 23.4 Å². The van der Waals surface area contributed by atoms with Gasteiger partial charge in [-0.15, -0.1) is 0 Å². The van der Waals surface area contributed by atoms with E-state index in [0.29, 0.717) is 42.3 Å². The Morgan fingerprint density at radius 3 is 2.57 bits per heavy atom. The number of aromatic nitrogens is 1. The zero-order chi connectivity index (χ0) is 21.7. The van der Waals surface area contributed by atoms with E-state index in [0.717, 1.165) is 17.0 Å². The number of hydrogen-bond acceptors (Lipinski definition) is 3. The van der Waals surface area contributed by atoms with Crippen molar-refractivity contribution in [1.82, 2.24) is 9.47 Å². The minimum absolute atomic E-state index is 0.00584. The summed E-state index contributed by atoms with van der Waals surface area (Å²) in [6.07, 6.45) is 8.66. The maximum atomic E-state index is 12.9. The van der Waals surface area contributed by atoms with Crippen molar-refractivity contribution in [2.24, 2.45) is 5.73 Å². The Hall–Kier alpha value is -2.99. The molecule has 30 heavy (non-hydrogen) atoms. The topological polar surface area (TPSA) is 77.6 Å². The highest BCUT2D eigenvalue weighted by molar-refractivity contribution is 6.34. The van der Waals surface area contributed by atoms with Gasteiger partial charge in [0.2, 0.25) is 5.91 Å². The van der Waals surface area contributed by atoms with Crippen LogP contribution in [0, 0.1) is 0 Å². The largest absolute Gasteiger partial charge is 0.497 e. The van der Waals surface area contributed by atoms with Crippen LogP contribution >= 0.6 is 11.6 Å². The van der Waals surface area contributed by atoms with E-state index in [2.05, 4.69) is 0 Å². The quantitative estimate of drug-likeness (QED) is 0.687. The highest BCUT2D eigenvalue weighted by Crippen LogP contribution is 2.32. The third-order valence-corrected chi connectivity index (χ3v) is 5.62. The zero-order valence-electron chi connectivity index (χ0n) is 17.2. The average molecular weight is 428 g/mol. The lowest BCUT2D eigenvalue weighted by Gasteiger charge is -2.30. The molecule has 2 amide bonds. The molecule has 2 heterocycles.